The van der Waals surface area contributed by atoms with Gasteiger partial charge in [-0.1, -0.05) is 12.1 Å². The molecule has 7 heteroatoms. The molecule has 0 aliphatic carbocycles. The molecule has 128 valence electrons. The van der Waals surface area contributed by atoms with E-state index >= 15 is 0 Å². The number of nitrogens with one attached hydrogen (secondary N) is 1. The quantitative estimate of drug-likeness (QED) is 0.772. The van der Waals surface area contributed by atoms with Crippen LogP contribution in [0.15, 0.2) is 48.5 Å². The Morgan fingerprint density at radius 2 is 2.00 bits per heavy atom. The van der Waals surface area contributed by atoms with Crippen molar-refractivity contribution in [3.8, 4) is 23.1 Å². The van der Waals surface area contributed by atoms with E-state index in [0.717, 1.165) is 0 Å². The van der Waals surface area contributed by atoms with Gasteiger partial charge in [0.25, 0.3) is 0 Å². The van der Waals surface area contributed by atoms with Crippen LogP contribution in [0, 0.1) is 5.82 Å². The highest BCUT2D eigenvalue weighted by molar-refractivity contribution is 5.88. The average Bonchev–Trinajstić information content (AvgIpc) is 2.99. The summed E-state index contributed by atoms with van der Waals surface area (Å²) in [6, 6.07) is 13.4. The van der Waals surface area contributed by atoms with Gasteiger partial charge in [-0.2, -0.15) is 4.98 Å². The fourth-order valence-corrected chi connectivity index (χ4v) is 2.37. The smallest absolute Gasteiger partial charge is 0.336 e. The summed E-state index contributed by atoms with van der Waals surface area (Å²) in [5.41, 5.74) is 1.98. The van der Waals surface area contributed by atoms with Crippen molar-refractivity contribution in [1.82, 2.24) is 14.8 Å². The van der Waals surface area contributed by atoms with Crippen LogP contribution in [0.5, 0.6) is 6.01 Å². The molecule has 6 nitrogen and oxygen atoms in total. The topological polar surface area (TPSA) is 69.0 Å². The maximum atomic E-state index is 13.6. The van der Waals surface area contributed by atoms with Crippen LogP contribution in [-0.4, -0.2) is 27.3 Å². The molecule has 0 spiro atoms. The first-order valence-electron chi connectivity index (χ1n) is 7.80. The largest absolute Gasteiger partial charge is 0.463 e. The number of anilines is 1. The molecular weight excluding hydrogens is 323 g/mol. The summed E-state index contributed by atoms with van der Waals surface area (Å²) in [5.74, 6) is -0.0335. The minimum absolute atomic E-state index is 0.146. The normalized spacial score (nSPS) is 10.5. The standard InChI is InChI=1S/C18H17FN4O2/c1-3-25-18-21-17(13-5-4-6-14(19)11-13)23(22-18)16-9-7-15(8-10-16)20-12(2)24/h4-11H,3H2,1-2H3,(H,20,24). The predicted octanol–water partition coefficient (Wildman–Crippen LogP) is 3.43. The number of benzene rings is 2. The van der Waals surface area contributed by atoms with Gasteiger partial charge in [0, 0.05) is 18.2 Å². The van der Waals surface area contributed by atoms with Crippen molar-refractivity contribution in [3.63, 3.8) is 0 Å². The Morgan fingerprint density at radius 1 is 1.24 bits per heavy atom. The van der Waals surface area contributed by atoms with E-state index in [9.17, 15) is 9.18 Å². The Balaban J connectivity index is 2.03. The second-order valence-electron chi connectivity index (χ2n) is 5.30. The molecule has 2 aromatic carbocycles. The van der Waals surface area contributed by atoms with Gasteiger partial charge >= 0.3 is 6.01 Å². The lowest BCUT2D eigenvalue weighted by Crippen LogP contribution is -2.06. The SMILES string of the molecule is CCOc1nc(-c2cccc(F)c2)n(-c2ccc(NC(C)=O)cc2)n1. The summed E-state index contributed by atoms with van der Waals surface area (Å²) < 4.78 is 20.6. The van der Waals surface area contributed by atoms with Crippen molar-refractivity contribution >= 4 is 11.6 Å². The molecule has 1 aromatic heterocycles. The monoisotopic (exact) mass is 340 g/mol. The molecule has 0 radical (unpaired) electrons. The third-order valence-electron chi connectivity index (χ3n) is 3.38. The van der Waals surface area contributed by atoms with E-state index in [-0.39, 0.29) is 17.7 Å². The van der Waals surface area contributed by atoms with Gasteiger partial charge < -0.3 is 10.1 Å². The van der Waals surface area contributed by atoms with E-state index in [1.165, 1.54) is 19.1 Å². The average molecular weight is 340 g/mol. The molecule has 0 bridgehead atoms. The van der Waals surface area contributed by atoms with Gasteiger partial charge in [-0.05, 0) is 43.3 Å². The molecule has 25 heavy (non-hydrogen) atoms. The number of aromatic nitrogens is 3. The second kappa shape index (κ2) is 7.12. The van der Waals surface area contributed by atoms with E-state index in [1.807, 2.05) is 6.92 Å². The van der Waals surface area contributed by atoms with Gasteiger partial charge in [-0.3, -0.25) is 4.79 Å². The summed E-state index contributed by atoms with van der Waals surface area (Å²) in [6.07, 6.45) is 0. The molecule has 1 N–H and O–H groups in total. The first-order valence-corrected chi connectivity index (χ1v) is 7.80. The Kier molecular flexibility index (Phi) is 4.74. The molecule has 0 aliphatic rings. The summed E-state index contributed by atoms with van der Waals surface area (Å²) >= 11 is 0. The lowest BCUT2D eigenvalue weighted by molar-refractivity contribution is -0.114. The van der Waals surface area contributed by atoms with E-state index < -0.39 is 0 Å². The fraction of sp³-hybridized carbons (Fsp3) is 0.167. The fourth-order valence-electron chi connectivity index (χ4n) is 2.37. The van der Waals surface area contributed by atoms with Gasteiger partial charge in [0.05, 0.1) is 12.3 Å². The van der Waals surface area contributed by atoms with Crippen LogP contribution in [0.4, 0.5) is 10.1 Å². The highest BCUT2D eigenvalue weighted by Crippen LogP contribution is 2.25. The number of hydrogen-bond donors (Lipinski definition) is 1. The molecule has 1 amide bonds. The zero-order chi connectivity index (χ0) is 17.8. The Bertz CT molecular complexity index is 890. The van der Waals surface area contributed by atoms with Gasteiger partial charge in [0.1, 0.15) is 5.82 Å². The van der Waals surface area contributed by atoms with E-state index in [1.54, 1.807) is 41.1 Å². The van der Waals surface area contributed by atoms with Crippen molar-refractivity contribution in [2.24, 2.45) is 0 Å². The maximum absolute atomic E-state index is 13.6. The van der Waals surface area contributed by atoms with Crippen molar-refractivity contribution in [1.29, 1.82) is 0 Å². The van der Waals surface area contributed by atoms with E-state index in [4.69, 9.17) is 4.74 Å². The maximum Gasteiger partial charge on any atom is 0.336 e. The summed E-state index contributed by atoms with van der Waals surface area (Å²) in [5, 5.41) is 7.04. The second-order valence-corrected chi connectivity index (χ2v) is 5.30. The van der Waals surface area contributed by atoms with Gasteiger partial charge in [-0.25, -0.2) is 9.07 Å². The number of carbonyl (C=O) groups is 1. The van der Waals surface area contributed by atoms with Crippen LogP contribution in [0.2, 0.25) is 0 Å². The lowest BCUT2D eigenvalue weighted by atomic mass is 10.2. The number of ether oxygens (including phenoxy) is 1. The highest BCUT2D eigenvalue weighted by atomic mass is 19.1. The van der Waals surface area contributed by atoms with Crippen molar-refractivity contribution < 1.29 is 13.9 Å². The molecule has 1 heterocycles. The minimum atomic E-state index is -0.356. The van der Waals surface area contributed by atoms with Crippen molar-refractivity contribution in [3.05, 3.63) is 54.3 Å². The third-order valence-corrected chi connectivity index (χ3v) is 3.38. The highest BCUT2D eigenvalue weighted by Gasteiger charge is 2.15. The zero-order valence-corrected chi connectivity index (χ0v) is 13.9. The Hall–Kier alpha value is -3.22. The lowest BCUT2D eigenvalue weighted by Gasteiger charge is -2.07. The zero-order valence-electron chi connectivity index (χ0n) is 13.9. The van der Waals surface area contributed by atoms with E-state index in [0.29, 0.717) is 29.4 Å². The Morgan fingerprint density at radius 3 is 2.64 bits per heavy atom. The van der Waals surface area contributed by atoms with Gasteiger partial charge in [0.15, 0.2) is 5.82 Å². The number of rotatable bonds is 5. The van der Waals surface area contributed by atoms with Gasteiger partial charge in [0.2, 0.25) is 5.91 Å². The number of amides is 1. The summed E-state index contributed by atoms with van der Waals surface area (Å²) in [7, 11) is 0. The first kappa shape index (κ1) is 16.6. The van der Waals surface area contributed by atoms with E-state index in [2.05, 4.69) is 15.4 Å². The first-order chi connectivity index (χ1) is 12.1. The number of hydrogen-bond acceptors (Lipinski definition) is 4. The molecule has 0 unspecified atom stereocenters. The van der Waals surface area contributed by atoms with Crippen LogP contribution in [0.1, 0.15) is 13.8 Å². The molecular formula is C18H17FN4O2. The van der Waals surface area contributed by atoms with Gasteiger partial charge in [-0.15, -0.1) is 5.10 Å². The minimum Gasteiger partial charge on any atom is -0.463 e. The van der Waals surface area contributed by atoms with Crippen LogP contribution >= 0.6 is 0 Å². The molecule has 0 fully saturated rings. The van der Waals surface area contributed by atoms with Crippen LogP contribution in [-0.2, 0) is 4.79 Å². The van der Waals surface area contributed by atoms with Crippen LogP contribution in [0.3, 0.4) is 0 Å². The molecule has 0 saturated heterocycles. The molecule has 0 aliphatic heterocycles. The predicted molar refractivity (Wildman–Crippen MR) is 92.2 cm³/mol. The molecule has 3 aromatic rings. The third kappa shape index (κ3) is 3.82. The number of carbonyl (C=O) groups excluding carboxylic acids is 1. The van der Waals surface area contributed by atoms with Crippen LogP contribution < -0.4 is 10.1 Å². The molecule has 3 rings (SSSR count). The molecule has 0 atom stereocenters. The number of halogens is 1. The van der Waals surface area contributed by atoms with Crippen LogP contribution in [0.25, 0.3) is 17.1 Å². The summed E-state index contributed by atoms with van der Waals surface area (Å²) in [4.78, 5) is 15.5. The number of nitrogens with zero attached hydrogens (tertiary/aromatic N) is 3. The summed E-state index contributed by atoms with van der Waals surface area (Å²) in [6.45, 7) is 3.71. The van der Waals surface area contributed by atoms with Crippen molar-refractivity contribution in [2.75, 3.05) is 11.9 Å². The Labute approximate surface area is 144 Å². The molecule has 0 saturated carbocycles. The van der Waals surface area contributed by atoms with Crippen molar-refractivity contribution in [2.45, 2.75) is 13.8 Å².